The van der Waals surface area contributed by atoms with E-state index < -0.39 is 10.0 Å². The predicted molar refractivity (Wildman–Crippen MR) is 89.2 cm³/mol. The molecule has 3 aromatic rings. The number of nitrogens with zero attached hydrogens (tertiary/aromatic N) is 2. The number of hydrogen-bond donors (Lipinski definition) is 2. The van der Waals surface area contributed by atoms with Crippen molar-refractivity contribution in [1.82, 2.24) is 19.4 Å². The zero-order valence-electron chi connectivity index (χ0n) is 12.1. The lowest BCUT2D eigenvalue weighted by molar-refractivity contribution is -0.120. The van der Waals surface area contributed by atoms with Crippen LogP contribution in [0.25, 0.3) is 4.96 Å². The van der Waals surface area contributed by atoms with Gasteiger partial charge in [0.2, 0.25) is 15.9 Å². The third-order valence-electron chi connectivity index (χ3n) is 3.12. The molecule has 0 saturated carbocycles. The number of carbonyl (C=O) groups excluding carboxylic acids is 1. The molecule has 7 nitrogen and oxygen atoms in total. The first kappa shape index (κ1) is 16.1. The van der Waals surface area contributed by atoms with Gasteiger partial charge in [0.15, 0.2) is 4.96 Å². The summed E-state index contributed by atoms with van der Waals surface area (Å²) in [4.78, 5) is 17.9. The fourth-order valence-corrected chi connectivity index (χ4v) is 4.82. The topological polar surface area (TPSA) is 92.6 Å². The van der Waals surface area contributed by atoms with Gasteiger partial charge in [-0.3, -0.25) is 9.20 Å². The number of sulfonamides is 1. The molecule has 0 fully saturated rings. The predicted octanol–water partition coefficient (Wildman–Crippen LogP) is 1.22. The monoisotopic (exact) mass is 370 g/mol. The molecule has 0 aliphatic heterocycles. The van der Waals surface area contributed by atoms with Gasteiger partial charge >= 0.3 is 0 Å². The van der Waals surface area contributed by atoms with E-state index in [1.165, 1.54) is 24.5 Å². The quantitative estimate of drug-likeness (QED) is 0.682. The fourth-order valence-electron chi connectivity index (χ4n) is 1.97. The Morgan fingerprint density at radius 2 is 2.22 bits per heavy atom. The van der Waals surface area contributed by atoms with Crippen molar-refractivity contribution in [3.05, 3.63) is 40.5 Å². The number of thiazole rings is 1. The van der Waals surface area contributed by atoms with Crippen LogP contribution in [0.4, 0.5) is 0 Å². The Bertz CT molecular complexity index is 910. The number of carbonyl (C=O) groups is 1. The van der Waals surface area contributed by atoms with E-state index in [4.69, 9.17) is 0 Å². The summed E-state index contributed by atoms with van der Waals surface area (Å²) in [7, 11) is -2.06. The third-order valence-corrected chi connectivity index (χ3v) is 6.88. The molecular weight excluding hydrogens is 356 g/mol. The van der Waals surface area contributed by atoms with Gasteiger partial charge in [-0.1, -0.05) is 0 Å². The molecule has 2 N–H and O–H groups in total. The Labute approximate surface area is 141 Å². The van der Waals surface area contributed by atoms with Crippen LogP contribution in [0, 0.1) is 0 Å². The Hall–Kier alpha value is -1.75. The first-order chi connectivity index (χ1) is 11.0. The minimum absolute atomic E-state index is 0.151. The Balaban J connectivity index is 1.57. The van der Waals surface area contributed by atoms with Crippen molar-refractivity contribution in [3.63, 3.8) is 0 Å². The molecule has 0 atom stereocenters. The van der Waals surface area contributed by atoms with E-state index in [9.17, 15) is 13.2 Å². The van der Waals surface area contributed by atoms with Gasteiger partial charge in [0.1, 0.15) is 4.21 Å². The number of amides is 1. The highest BCUT2D eigenvalue weighted by Crippen LogP contribution is 2.21. The van der Waals surface area contributed by atoms with Crippen LogP contribution in [-0.2, 0) is 27.8 Å². The molecular formula is C13H14N4O3S3. The van der Waals surface area contributed by atoms with E-state index in [0.29, 0.717) is 12.2 Å². The molecule has 0 saturated heterocycles. The highest BCUT2D eigenvalue weighted by Gasteiger charge is 2.15. The second-order valence-electron chi connectivity index (χ2n) is 4.71. The van der Waals surface area contributed by atoms with Gasteiger partial charge in [0.05, 0.1) is 18.7 Å². The standard InChI is InChI=1S/C13H14N4O3S3/c1-14-23(19,20)12-3-2-10(22-12)7-15-11(18)6-9-8-17-4-5-21-13(17)16-9/h2-5,8,14H,6-7H2,1H3,(H,15,18). The number of hydrogen-bond acceptors (Lipinski definition) is 6. The molecule has 122 valence electrons. The van der Waals surface area contributed by atoms with Crippen LogP contribution in [0.5, 0.6) is 0 Å². The fraction of sp³-hybridized carbons (Fsp3) is 0.231. The minimum Gasteiger partial charge on any atom is -0.351 e. The number of fused-ring (bicyclic) bond motifs is 1. The molecule has 3 heterocycles. The van der Waals surface area contributed by atoms with Crippen LogP contribution in [0.2, 0.25) is 0 Å². The summed E-state index contributed by atoms with van der Waals surface area (Å²) in [5, 5.41) is 4.71. The first-order valence-corrected chi connectivity index (χ1v) is 9.86. The number of rotatable bonds is 6. The van der Waals surface area contributed by atoms with Gasteiger partial charge in [-0.05, 0) is 19.2 Å². The summed E-state index contributed by atoms with van der Waals surface area (Å²) >= 11 is 2.65. The Morgan fingerprint density at radius 3 is 2.96 bits per heavy atom. The lowest BCUT2D eigenvalue weighted by Gasteiger charge is -2.01. The summed E-state index contributed by atoms with van der Waals surface area (Å²) in [6, 6.07) is 3.23. The van der Waals surface area contributed by atoms with Crippen molar-refractivity contribution >= 4 is 43.6 Å². The van der Waals surface area contributed by atoms with E-state index >= 15 is 0 Å². The number of nitrogens with one attached hydrogen (secondary N) is 2. The normalized spacial score (nSPS) is 11.9. The van der Waals surface area contributed by atoms with Gasteiger partial charge in [0, 0.05) is 22.7 Å². The highest BCUT2D eigenvalue weighted by atomic mass is 32.2. The summed E-state index contributed by atoms with van der Waals surface area (Å²) < 4.78 is 27.7. The maximum atomic E-state index is 12.0. The first-order valence-electron chi connectivity index (χ1n) is 6.68. The van der Waals surface area contributed by atoms with Crippen molar-refractivity contribution in [1.29, 1.82) is 0 Å². The average molecular weight is 370 g/mol. The maximum Gasteiger partial charge on any atom is 0.249 e. The van der Waals surface area contributed by atoms with Crippen LogP contribution in [0.3, 0.4) is 0 Å². The lowest BCUT2D eigenvalue weighted by Crippen LogP contribution is -2.24. The molecule has 0 spiro atoms. The molecule has 3 rings (SSSR count). The van der Waals surface area contributed by atoms with Gasteiger partial charge in [-0.2, -0.15) is 0 Å². The smallest absolute Gasteiger partial charge is 0.249 e. The SMILES string of the molecule is CNS(=O)(=O)c1ccc(CNC(=O)Cc2cn3ccsc3n2)s1. The summed E-state index contributed by atoms with van der Waals surface area (Å²) in [6.45, 7) is 0.297. The van der Waals surface area contributed by atoms with E-state index in [1.807, 2.05) is 22.2 Å². The molecule has 23 heavy (non-hydrogen) atoms. The lowest BCUT2D eigenvalue weighted by atomic mass is 10.3. The molecule has 0 aliphatic rings. The number of aromatic nitrogens is 2. The van der Waals surface area contributed by atoms with Gasteiger partial charge in [0.25, 0.3) is 0 Å². The van der Waals surface area contributed by atoms with Gasteiger partial charge < -0.3 is 5.32 Å². The molecule has 0 unspecified atom stereocenters. The largest absolute Gasteiger partial charge is 0.351 e. The summed E-state index contributed by atoms with van der Waals surface area (Å²) in [5.74, 6) is -0.151. The molecule has 0 radical (unpaired) electrons. The second-order valence-corrected chi connectivity index (χ2v) is 8.86. The Morgan fingerprint density at radius 1 is 1.39 bits per heavy atom. The van der Waals surface area contributed by atoms with Crippen LogP contribution < -0.4 is 10.0 Å². The molecule has 3 aromatic heterocycles. The van der Waals surface area contributed by atoms with Crippen molar-refractivity contribution in [2.24, 2.45) is 0 Å². The molecule has 0 aromatic carbocycles. The molecule has 0 aliphatic carbocycles. The van der Waals surface area contributed by atoms with E-state index in [1.54, 1.807) is 6.07 Å². The van der Waals surface area contributed by atoms with Crippen LogP contribution >= 0.6 is 22.7 Å². The molecule has 1 amide bonds. The van der Waals surface area contributed by atoms with Crippen molar-refractivity contribution in [2.75, 3.05) is 7.05 Å². The van der Waals surface area contributed by atoms with Crippen LogP contribution in [-0.4, -0.2) is 30.8 Å². The third kappa shape index (κ3) is 3.61. The van der Waals surface area contributed by atoms with E-state index in [-0.39, 0.29) is 16.5 Å². The minimum atomic E-state index is -3.43. The number of imidazole rings is 1. The van der Waals surface area contributed by atoms with Crippen molar-refractivity contribution < 1.29 is 13.2 Å². The van der Waals surface area contributed by atoms with Crippen molar-refractivity contribution in [2.45, 2.75) is 17.2 Å². The Kier molecular flexibility index (Phi) is 4.48. The second kappa shape index (κ2) is 6.40. The van der Waals surface area contributed by atoms with Gasteiger partial charge in [-0.15, -0.1) is 22.7 Å². The van der Waals surface area contributed by atoms with E-state index in [2.05, 4.69) is 15.0 Å². The number of thiophene rings is 1. The van der Waals surface area contributed by atoms with E-state index in [0.717, 1.165) is 21.2 Å². The summed E-state index contributed by atoms with van der Waals surface area (Å²) in [6.07, 6.45) is 3.92. The zero-order chi connectivity index (χ0) is 16.4. The molecule has 0 bridgehead atoms. The highest BCUT2D eigenvalue weighted by molar-refractivity contribution is 7.91. The van der Waals surface area contributed by atoms with Crippen LogP contribution in [0.15, 0.2) is 34.1 Å². The average Bonchev–Trinajstić information content (AvgIpc) is 3.20. The zero-order valence-corrected chi connectivity index (χ0v) is 14.6. The maximum absolute atomic E-state index is 12.0. The van der Waals surface area contributed by atoms with Crippen molar-refractivity contribution in [3.8, 4) is 0 Å². The summed E-state index contributed by atoms with van der Waals surface area (Å²) in [5.41, 5.74) is 0.707. The van der Waals surface area contributed by atoms with Crippen LogP contribution in [0.1, 0.15) is 10.6 Å². The molecule has 10 heteroatoms. The van der Waals surface area contributed by atoms with Gasteiger partial charge in [-0.25, -0.2) is 18.1 Å².